The highest BCUT2D eigenvalue weighted by Crippen LogP contribution is 2.15. The Hall–Kier alpha value is -2.85. The smallest absolute Gasteiger partial charge is 0.276 e. The van der Waals surface area contributed by atoms with Gasteiger partial charge in [-0.2, -0.15) is 5.26 Å². The zero-order chi connectivity index (χ0) is 16.7. The topological polar surface area (TPSA) is 91.2 Å². The molecule has 2 aromatic rings. The summed E-state index contributed by atoms with van der Waals surface area (Å²) < 4.78 is 5.87. The van der Waals surface area contributed by atoms with E-state index in [9.17, 15) is 9.59 Å². The first-order valence-electron chi connectivity index (χ1n) is 6.57. The van der Waals surface area contributed by atoms with Gasteiger partial charge in [0.05, 0.1) is 17.2 Å². The summed E-state index contributed by atoms with van der Waals surface area (Å²) in [5.41, 5.74) is 5.47. The van der Waals surface area contributed by atoms with Gasteiger partial charge in [0.15, 0.2) is 6.61 Å². The number of nitrogens with one attached hydrogen (secondary N) is 2. The van der Waals surface area contributed by atoms with E-state index < -0.39 is 11.8 Å². The lowest BCUT2D eigenvalue weighted by Crippen LogP contribution is -2.43. The van der Waals surface area contributed by atoms with Crippen molar-refractivity contribution in [2.24, 2.45) is 0 Å². The van der Waals surface area contributed by atoms with Crippen LogP contribution < -0.4 is 15.6 Å². The van der Waals surface area contributed by atoms with Gasteiger partial charge in [-0.05, 0) is 52.3 Å². The normalized spacial score (nSPS) is 9.57. The number of carbonyl (C=O) groups excluding carboxylic acids is 2. The molecule has 0 aliphatic rings. The third kappa shape index (κ3) is 4.83. The lowest BCUT2D eigenvalue weighted by atomic mass is 10.2. The summed E-state index contributed by atoms with van der Waals surface area (Å²) in [7, 11) is 0. The van der Waals surface area contributed by atoms with Gasteiger partial charge < -0.3 is 4.74 Å². The molecule has 0 unspecified atom stereocenters. The van der Waals surface area contributed by atoms with Crippen LogP contribution in [-0.4, -0.2) is 18.4 Å². The number of hydrogen-bond acceptors (Lipinski definition) is 4. The minimum atomic E-state index is -0.505. The largest absolute Gasteiger partial charge is 0.484 e. The van der Waals surface area contributed by atoms with E-state index in [0.29, 0.717) is 21.3 Å². The number of hydrazine groups is 1. The molecule has 2 N–H and O–H groups in total. The fourth-order valence-corrected chi connectivity index (χ4v) is 2.11. The highest BCUT2D eigenvalue weighted by atomic mass is 79.9. The number of amides is 2. The van der Waals surface area contributed by atoms with Crippen molar-refractivity contribution in [3.63, 3.8) is 0 Å². The monoisotopic (exact) mass is 373 g/mol. The SMILES string of the molecule is N#Cc1ccc(OCC(=O)NNC(=O)c2ccccc2Br)cc1. The molecule has 0 aliphatic heterocycles. The number of ether oxygens (including phenoxy) is 1. The van der Waals surface area contributed by atoms with E-state index >= 15 is 0 Å². The third-order valence-corrected chi connectivity index (χ3v) is 3.48. The first-order chi connectivity index (χ1) is 11.1. The van der Waals surface area contributed by atoms with Gasteiger partial charge in [-0.15, -0.1) is 0 Å². The maximum atomic E-state index is 11.9. The maximum Gasteiger partial charge on any atom is 0.276 e. The molecular formula is C16H12BrN3O3. The first kappa shape index (κ1) is 16.5. The molecule has 2 rings (SSSR count). The lowest BCUT2D eigenvalue weighted by molar-refractivity contribution is -0.123. The van der Waals surface area contributed by atoms with E-state index in [1.807, 2.05) is 6.07 Å². The molecule has 6 nitrogen and oxygen atoms in total. The Balaban J connectivity index is 1.80. The molecule has 0 fully saturated rings. The van der Waals surface area contributed by atoms with Crippen molar-refractivity contribution >= 4 is 27.7 Å². The number of hydrogen-bond donors (Lipinski definition) is 2. The second-order valence-corrected chi connectivity index (χ2v) is 5.26. The molecule has 0 atom stereocenters. The van der Waals surface area contributed by atoms with Gasteiger partial charge in [0, 0.05) is 4.47 Å². The van der Waals surface area contributed by atoms with E-state index in [1.165, 1.54) is 0 Å². The quantitative estimate of drug-likeness (QED) is 0.803. The molecule has 7 heteroatoms. The minimum absolute atomic E-state index is 0.262. The third-order valence-electron chi connectivity index (χ3n) is 2.79. The first-order valence-corrected chi connectivity index (χ1v) is 7.36. The standard InChI is InChI=1S/C16H12BrN3O3/c17-14-4-2-1-3-13(14)16(22)20-19-15(21)10-23-12-7-5-11(9-18)6-8-12/h1-8H,10H2,(H,19,21)(H,20,22). The highest BCUT2D eigenvalue weighted by Gasteiger charge is 2.10. The number of halogens is 1. The molecule has 116 valence electrons. The lowest BCUT2D eigenvalue weighted by Gasteiger charge is -2.09. The molecule has 0 bridgehead atoms. The molecule has 0 spiro atoms. The summed E-state index contributed by atoms with van der Waals surface area (Å²) in [4.78, 5) is 23.5. The van der Waals surface area contributed by atoms with Crippen LogP contribution in [0.2, 0.25) is 0 Å². The molecule has 0 saturated carbocycles. The summed E-state index contributed by atoms with van der Waals surface area (Å²) in [5.74, 6) is -0.491. The number of nitrogens with zero attached hydrogens (tertiary/aromatic N) is 1. The number of nitriles is 1. The number of rotatable bonds is 4. The van der Waals surface area contributed by atoms with Crippen LogP contribution in [-0.2, 0) is 4.79 Å². The summed E-state index contributed by atoms with van der Waals surface area (Å²) >= 11 is 3.26. The van der Waals surface area contributed by atoms with Gasteiger partial charge in [-0.25, -0.2) is 0 Å². The predicted octanol–water partition coefficient (Wildman–Crippen LogP) is 2.16. The van der Waals surface area contributed by atoms with Gasteiger partial charge in [-0.3, -0.25) is 20.4 Å². The molecule has 0 radical (unpaired) electrons. The summed E-state index contributed by atoms with van der Waals surface area (Å²) in [6.45, 7) is -0.262. The van der Waals surface area contributed by atoms with Crippen molar-refractivity contribution < 1.29 is 14.3 Å². The van der Waals surface area contributed by atoms with Crippen molar-refractivity contribution in [1.29, 1.82) is 5.26 Å². The van der Waals surface area contributed by atoms with E-state index in [2.05, 4.69) is 26.8 Å². The number of benzene rings is 2. The highest BCUT2D eigenvalue weighted by molar-refractivity contribution is 9.10. The average Bonchev–Trinajstić information content (AvgIpc) is 2.58. The van der Waals surface area contributed by atoms with Gasteiger partial charge in [0.25, 0.3) is 11.8 Å². The Kier molecular flexibility index (Phi) is 5.72. The predicted molar refractivity (Wildman–Crippen MR) is 86.4 cm³/mol. The minimum Gasteiger partial charge on any atom is -0.484 e. The molecule has 0 aliphatic carbocycles. The molecule has 0 heterocycles. The average molecular weight is 374 g/mol. The van der Waals surface area contributed by atoms with Crippen molar-refractivity contribution in [3.05, 3.63) is 64.1 Å². The van der Waals surface area contributed by atoms with Crippen LogP contribution in [0.15, 0.2) is 53.0 Å². The van der Waals surface area contributed by atoms with E-state index in [0.717, 1.165) is 0 Å². The second-order valence-electron chi connectivity index (χ2n) is 4.41. The van der Waals surface area contributed by atoms with Crippen LogP contribution in [0.4, 0.5) is 0 Å². The Morgan fingerprint density at radius 1 is 1.09 bits per heavy atom. The Labute approximate surface area is 141 Å². The van der Waals surface area contributed by atoms with Crippen LogP contribution in [0.1, 0.15) is 15.9 Å². The van der Waals surface area contributed by atoms with Crippen molar-refractivity contribution in [2.45, 2.75) is 0 Å². The Bertz CT molecular complexity index is 754. The van der Waals surface area contributed by atoms with Gasteiger partial charge in [-0.1, -0.05) is 12.1 Å². The molecule has 0 saturated heterocycles. The summed E-state index contributed by atoms with van der Waals surface area (Å²) in [5, 5.41) is 8.68. The molecule has 23 heavy (non-hydrogen) atoms. The fraction of sp³-hybridized carbons (Fsp3) is 0.0625. The molecular weight excluding hydrogens is 362 g/mol. The van der Waals surface area contributed by atoms with Crippen molar-refractivity contribution in [3.8, 4) is 11.8 Å². The van der Waals surface area contributed by atoms with Crippen LogP contribution in [0.25, 0.3) is 0 Å². The Morgan fingerprint density at radius 2 is 1.78 bits per heavy atom. The number of carbonyl (C=O) groups is 2. The van der Waals surface area contributed by atoms with Gasteiger partial charge in [0.1, 0.15) is 5.75 Å². The van der Waals surface area contributed by atoms with Crippen molar-refractivity contribution in [2.75, 3.05) is 6.61 Å². The van der Waals surface area contributed by atoms with Crippen LogP contribution in [0.3, 0.4) is 0 Å². The van der Waals surface area contributed by atoms with Crippen LogP contribution >= 0.6 is 15.9 Å². The Morgan fingerprint density at radius 3 is 2.43 bits per heavy atom. The van der Waals surface area contributed by atoms with E-state index in [-0.39, 0.29) is 6.61 Å². The van der Waals surface area contributed by atoms with E-state index in [1.54, 1.807) is 48.5 Å². The van der Waals surface area contributed by atoms with Crippen LogP contribution in [0.5, 0.6) is 5.75 Å². The molecule has 2 amide bonds. The molecule has 0 aromatic heterocycles. The molecule has 2 aromatic carbocycles. The fourth-order valence-electron chi connectivity index (χ4n) is 1.65. The zero-order valence-electron chi connectivity index (χ0n) is 11.9. The van der Waals surface area contributed by atoms with E-state index in [4.69, 9.17) is 10.00 Å². The zero-order valence-corrected chi connectivity index (χ0v) is 13.5. The van der Waals surface area contributed by atoms with Crippen LogP contribution in [0, 0.1) is 11.3 Å². The summed E-state index contributed by atoms with van der Waals surface area (Å²) in [6.07, 6.45) is 0. The maximum absolute atomic E-state index is 11.9. The second kappa shape index (κ2) is 7.96. The van der Waals surface area contributed by atoms with Crippen molar-refractivity contribution in [1.82, 2.24) is 10.9 Å². The van der Waals surface area contributed by atoms with Gasteiger partial charge >= 0.3 is 0 Å². The van der Waals surface area contributed by atoms with Gasteiger partial charge in [0.2, 0.25) is 0 Å². The summed E-state index contributed by atoms with van der Waals surface area (Å²) in [6, 6.07) is 15.2.